The summed E-state index contributed by atoms with van der Waals surface area (Å²) in [5.41, 5.74) is 1.19. The number of hydrogen-bond donors (Lipinski definition) is 0. The number of thiazole rings is 1. The van der Waals surface area contributed by atoms with Crippen LogP contribution in [0.2, 0.25) is 0 Å². The van der Waals surface area contributed by atoms with E-state index in [1.165, 1.54) is 17.1 Å². The van der Waals surface area contributed by atoms with Crippen molar-refractivity contribution in [3.8, 4) is 0 Å². The summed E-state index contributed by atoms with van der Waals surface area (Å²) in [6.45, 7) is 6.97. The molecule has 1 saturated heterocycles. The van der Waals surface area contributed by atoms with Crippen LogP contribution in [0.4, 0.5) is 0 Å². The molecule has 0 bridgehead atoms. The Morgan fingerprint density at radius 3 is 2.81 bits per heavy atom. The van der Waals surface area contributed by atoms with E-state index >= 15 is 0 Å². The Hall–Kier alpha value is -0.940. The number of nitrogens with zero attached hydrogens (tertiary/aromatic N) is 3. The molecule has 1 aliphatic heterocycles. The average Bonchev–Trinajstić information content (AvgIpc) is 2.74. The number of rotatable bonds is 4. The molecule has 0 atom stereocenters. The van der Waals surface area contributed by atoms with Gasteiger partial charge in [0.15, 0.2) is 0 Å². The molecule has 0 aromatic carbocycles. The van der Waals surface area contributed by atoms with Crippen molar-refractivity contribution >= 4 is 17.2 Å². The maximum atomic E-state index is 12.3. The maximum Gasteiger partial charge on any atom is 0.225 e. The third-order valence-corrected chi connectivity index (χ3v) is 5.68. The summed E-state index contributed by atoms with van der Waals surface area (Å²) in [4.78, 5) is 21.5. The van der Waals surface area contributed by atoms with Gasteiger partial charge >= 0.3 is 0 Å². The van der Waals surface area contributed by atoms with Gasteiger partial charge in [-0.15, -0.1) is 11.3 Å². The third-order valence-electron chi connectivity index (χ3n) is 4.64. The molecule has 0 spiro atoms. The van der Waals surface area contributed by atoms with Gasteiger partial charge in [-0.05, 0) is 25.7 Å². The second-order valence-corrected chi connectivity index (χ2v) is 7.11. The zero-order valence-electron chi connectivity index (χ0n) is 12.9. The second kappa shape index (κ2) is 6.88. The van der Waals surface area contributed by atoms with Crippen LogP contribution < -0.4 is 0 Å². The quantitative estimate of drug-likeness (QED) is 0.858. The first-order valence-electron chi connectivity index (χ1n) is 8.20. The predicted octanol–water partition coefficient (Wildman–Crippen LogP) is 2.54. The molecule has 3 rings (SSSR count). The summed E-state index contributed by atoms with van der Waals surface area (Å²) in [5.74, 6) is 0.743. The van der Waals surface area contributed by atoms with Crippen LogP contribution in [0.1, 0.15) is 43.3 Å². The van der Waals surface area contributed by atoms with Gasteiger partial charge in [0.25, 0.3) is 0 Å². The van der Waals surface area contributed by atoms with Gasteiger partial charge in [0.2, 0.25) is 5.91 Å². The highest BCUT2D eigenvalue weighted by Crippen LogP contribution is 2.28. The van der Waals surface area contributed by atoms with Crippen molar-refractivity contribution in [3.05, 3.63) is 16.1 Å². The standard InChI is InChI=1S/C16H25N3OS/c1-2-15-17-14(12-21-15)11-18-7-4-8-19(10-9-18)16(20)13-5-3-6-13/h12-13H,2-11H2,1H3. The fraction of sp³-hybridized carbons (Fsp3) is 0.750. The third kappa shape index (κ3) is 3.64. The van der Waals surface area contributed by atoms with E-state index in [0.29, 0.717) is 11.8 Å². The predicted molar refractivity (Wildman–Crippen MR) is 85.3 cm³/mol. The molecule has 1 aliphatic carbocycles. The van der Waals surface area contributed by atoms with E-state index in [-0.39, 0.29) is 0 Å². The van der Waals surface area contributed by atoms with E-state index in [9.17, 15) is 4.79 Å². The van der Waals surface area contributed by atoms with Gasteiger partial charge in [-0.1, -0.05) is 13.3 Å². The number of aromatic nitrogens is 1. The number of carbonyl (C=O) groups is 1. The molecule has 2 fully saturated rings. The molecule has 0 radical (unpaired) electrons. The van der Waals surface area contributed by atoms with Crippen LogP contribution in [0.25, 0.3) is 0 Å². The molecule has 5 heteroatoms. The Morgan fingerprint density at radius 2 is 2.14 bits per heavy atom. The molecule has 1 amide bonds. The normalized spacial score (nSPS) is 21.1. The Bertz CT molecular complexity index is 484. The summed E-state index contributed by atoms with van der Waals surface area (Å²) < 4.78 is 0. The first-order chi connectivity index (χ1) is 10.3. The van der Waals surface area contributed by atoms with E-state index in [0.717, 1.165) is 58.4 Å². The maximum absolute atomic E-state index is 12.3. The van der Waals surface area contributed by atoms with Crippen LogP contribution in [0.5, 0.6) is 0 Å². The molecular weight excluding hydrogens is 282 g/mol. The summed E-state index contributed by atoms with van der Waals surface area (Å²) in [6.07, 6.45) is 5.56. The van der Waals surface area contributed by atoms with Crippen molar-refractivity contribution in [2.75, 3.05) is 26.2 Å². The minimum Gasteiger partial charge on any atom is -0.341 e. The molecular formula is C16H25N3OS. The zero-order valence-corrected chi connectivity index (χ0v) is 13.7. The first-order valence-corrected chi connectivity index (χ1v) is 9.08. The molecule has 1 aromatic rings. The van der Waals surface area contributed by atoms with E-state index in [1.54, 1.807) is 11.3 Å². The van der Waals surface area contributed by atoms with Crippen molar-refractivity contribution in [2.45, 2.75) is 45.6 Å². The lowest BCUT2D eigenvalue weighted by atomic mass is 9.84. The van der Waals surface area contributed by atoms with Gasteiger partial charge in [-0.25, -0.2) is 4.98 Å². The van der Waals surface area contributed by atoms with Gasteiger partial charge in [0.1, 0.15) is 0 Å². The summed E-state index contributed by atoms with van der Waals surface area (Å²) in [6, 6.07) is 0. The highest BCUT2D eigenvalue weighted by atomic mass is 32.1. The topological polar surface area (TPSA) is 36.4 Å². The Morgan fingerprint density at radius 1 is 1.29 bits per heavy atom. The van der Waals surface area contributed by atoms with E-state index in [1.807, 2.05) is 0 Å². The van der Waals surface area contributed by atoms with Gasteiger partial charge in [-0.3, -0.25) is 9.69 Å². The monoisotopic (exact) mass is 307 g/mol. The molecule has 2 heterocycles. The second-order valence-electron chi connectivity index (χ2n) is 6.17. The fourth-order valence-corrected chi connectivity index (χ4v) is 3.81. The largest absolute Gasteiger partial charge is 0.341 e. The summed E-state index contributed by atoms with van der Waals surface area (Å²) in [7, 11) is 0. The van der Waals surface area contributed by atoms with Crippen molar-refractivity contribution in [2.24, 2.45) is 5.92 Å². The van der Waals surface area contributed by atoms with E-state index in [4.69, 9.17) is 0 Å². The minimum atomic E-state index is 0.335. The van der Waals surface area contributed by atoms with Crippen LogP contribution in [0.3, 0.4) is 0 Å². The van der Waals surface area contributed by atoms with Crippen LogP contribution in [-0.2, 0) is 17.8 Å². The molecule has 21 heavy (non-hydrogen) atoms. The number of carbonyl (C=O) groups excluding carboxylic acids is 1. The van der Waals surface area contributed by atoms with E-state index < -0.39 is 0 Å². The highest BCUT2D eigenvalue weighted by Gasteiger charge is 2.30. The van der Waals surface area contributed by atoms with Crippen molar-refractivity contribution < 1.29 is 4.79 Å². The Kier molecular flexibility index (Phi) is 4.91. The number of aryl methyl sites for hydroxylation is 1. The van der Waals surface area contributed by atoms with Gasteiger partial charge in [-0.2, -0.15) is 0 Å². The lowest BCUT2D eigenvalue weighted by Gasteiger charge is -2.31. The van der Waals surface area contributed by atoms with Gasteiger partial charge < -0.3 is 4.90 Å². The Balaban J connectivity index is 1.51. The van der Waals surface area contributed by atoms with Crippen LogP contribution >= 0.6 is 11.3 Å². The SMILES string of the molecule is CCc1nc(CN2CCCN(C(=O)C3CCC3)CC2)cs1. The lowest BCUT2D eigenvalue weighted by molar-refractivity contribution is -0.138. The van der Waals surface area contributed by atoms with Crippen molar-refractivity contribution in [1.82, 2.24) is 14.8 Å². The van der Waals surface area contributed by atoms with Gasteiger partial charge in [0, 0.05) is 44.0 Å². The average molecular weight is 307 g/mol. The highest BCUT2D eigenvalue weighted by molar-refractivity contribution is 7.09. The fourth-order valence-electron chi connectivity index (χ4n) is 3.08. The molecule has 0 N–H and O–H groups in total. The summed E-state index contributed by atoms with van der Waals surface area (Å²) in [5, 5.41) is 3.41. The smallest absolute Gasteiger partial charge is 0.225 e. The Labute approximate surface area is 131 Å². The van der Waals surface area contributed by atoms with Crippen molar-refractivity contribution in [3.63, 3.8) is 0 Å². The molecule has 1 saturated carbocycles. The molecule has 4 nitrogen and oxygen atoms in total. The van der Waals surface area contributed by atoms with Gasteiger partial charge in [0.05, 0.1) is 10.7 Å². The zero-order chi connectivity index (χ0) is 14.7. The molecule has 2 aliphatic rings. The molecule has 1 aromatic heterocycles. The first kappa shape index (κ1) is 15.0. The minimum absolute atomic E-state index is 0.335. The summed E-state index contributed by atoms with van der Waals surface area (Å²) >= 11 is 1.76. The molecule has 116 valence electrons. The van der Waals surface area contributed by atoms with Crippen LogP contribution in [-0.4, -0.2) is 46.9 Å². The van der Waals surface area contributed by atoms with Crippen molar-refractivity contribution in [1.29, 1.82) is 0 Å². The molecule has 0 unspecified atom stereocenters. The van der Waals surface area contributed by atoms with Crippen LogP contribution in [0, 0.1) is 5.92 Å². The lowest BCUT2D eigenvalue weighted by Crippen LogP contribution is -2.41. The number of hydrogen-bond acceptors (Lipinski definition) is 4. The number of amides is 1. The van der Waals surface area contributed by atoms with E-state index in [2.05, 4.69) is 27.1 Å². The van der Waals surface area contributed by atoms with Crippen LogP contribution in [0.15, 0.2) is 5.38 Å².